The minimum atomic E-state index is -0.0605. The Morgan fingerprint density at radius 2 is 2.31 bits per heavy atom. The van der Waals surface area contributed by atoms with Gasteiger partial charge in [0, 0.05) is 18.3 Å². The molecule has 1 aliphatic rings. The predicted octanol–water partition coefficient (Wildman–Crippen LogP) is 0.602. The number of anilines is 1. The summed E-state index contributed by atoms with van der Waals surface area (Å²) in [6.07, 6.45) is 7.67. The lowest BCUT2D eigenvalue weighted by Crippen LogP contribution is -2.41. The van der Waals surface area contributed by atoms with Crippen molar-refractivity contribution in [3.8, 4) is 0 Å². The lowest BCUT2D eigenvalue weighted by molar-refractivity contribution is -0.124. The zero-order chi connectivity index (χ0) is 11.4. The van der Waals surface area contributed by atoms with Gasteiger partial charge in [-0.2, -0.15) is 0 Å². The van der Waals surface area contributed by atoms with E-state index in [-0.39, 0.29) is 25.0 Å². The highest BCUT2D eigenvalue weighted by Crippen LogP contribution is 2.29. The minimum absolute atomic E-state index is 0.0563. The van der Waals surface area contributed by atoms with Crippen LogP contribution in [0.1, 0.15) is 19.3 Å². The van der Waals surface area contributed by atoms with E-state index in [4.69, 9.17) is 5.11 Å². The number of carbonyl (C=O) groups is 1. The first-order chi connectivity index (χ1) is 7.83. The molecule has 16 heavy (non-hydrogen) atoms. The van der Waals surface area contributed by atoms with Crippen molar-refractivity contribution in [3.05, 3.63) is 18.6 Å². The molecule has 1 N–H and O–H groups in total. The number of aromatic nitrogens is 2. The Morgan fingerprint density at radius 3 is 2.81 bits per heavy atom. The fourth-order valence-electron chi connectivity index (χ4n) is 1.74. The van der Waals surface area contributed by atoms with Gasteiger partial charge in [-0.1, -0.05) is 6.42 Å². The molecule has 0 spiro atoms. The fourth-order valence-corrected chi connectivity index (χ4v) is 1.74. The number of rotatable bonds is 4. The van der Waals surface area contributed by atoms with Crippen LogP contribution in [-0.2, 0) is 4.79 Å². The van der Waals surface area contributed by atoms with E-state index >= 15 is 0 Å². The van der Waals surface area contributed by atoms with Crippen LogP contribution in [0.4, 0.5) is 5.82 Å². The number of nitrogens with zero attached hydrogens (tertiary/aromatic N) is 3. The van der Waals surface area contributed by atoms with Gasteiger partial charge in [0.05, 0.1) is 19.3 Å². The summed E-state index contributed by atoms with van der Waals surface area (Å²) in [6.45, 7) is 0.225. The summed E-state index contributed by atoms with van der Waals surface area (Å²) in [6, 6.07) is 0. The molecule has 2 rings (SSSR count). The van der Waals surface area contributed by atoms with Gasteiger partial charge in [0.1, 0.15) is 0 Å². The first-order valence-electron chi connectivity index (χ1n) is 5.51. The Hall–Kier alpha value is -1.49. The fraction of sp³-hybridized carbons (Fsp3) is 0.545. The highest BCUT2D eigenvalue weighted by atomic mass is 16.3. The largest absolute Gasteiger partial charge is 0.395 e. The van der Waals surface area contributed by atoms with Crippen molar-refractivity contribution in [1.29, 1.82) is 0 Å². The number of aliphatic hydroxyl groups is 1. The quantitative estimate of drug-likeness (QED) is 0.808. The summed E-state index contributed by atoms with van der Waals surface area (Å²) >= 11 is 0. The second-order valence-corrected chi connectivity index (χ2v) is 3.90. The highest BCUT2D eigenvalue weighted by molar-refractivity contribution is 5.94. The maximum absolute atomic E-state index is 12.1. The summed E-state index contributed by atoms with van der Waals surface area (Å²) < 4.78 is 0. The highest BCUT2D eigenvalue weighted by Gasteiger charge is 2.30. The van der Waals surface area contributed by atoms with E-state index in [1.54, 1.807) is 18.6 Å². The van der Waals surface area contributed by atoms with Crippen molar-refractivity contribution >= 4 is 11.7 Å². The zero-order valence-corrected chi connectivity index (χ0v) is 9.04. The molecule has 0 unspecified atom stereocenters. The van der Waals surface area contributed by atoms with Crippen LogP contribution in [0.3, 0.4) is 0 Å². The Bertz CT molecular complexity index is 352. The summed E-state index contributed by atoms with van der Waals surface area (Å²) in [5, 5.41) is 8.98. The average molecular weight is 221 g/mol. The van der Waals surface area contributed by atoms with Gasteiger partial charge >= 0.3 is 0 Å². The molecule has 86 valence electrons. The predicted molar refractivity (Wildman–Crippen MR) is 58.8 cm³/mol. The maximum atomic E-state index is 12.1. The molecule has 1 aromatic heterocycles. The molecule has 0 aliphatic heterocycles. The molecule has 1 saturated carbocycles. The molecule has 5 nitrogen and oxygen atoms in total. The van der Waals surface area contributed by atoms with Gasteiger partial charge in [0.15, 0.2) is 5.82 Å². The normalized spacial score (nSPS) is 15.6. The van der Waals surface area contributed by atoms with Crippen LogP contribution in [0.2, 0.25) is 0 Å². The standard InChI is InChI=1S/C11H15N3O2/c15-7-6-14(10-8-12-4-5-13-10)11(16)9-2-1-3-9/h4-5,8-9,15H,1-3,6-7H2. The molecule has 0 saturated heterocycles. The Morgan fingerprint density at radius 1 is 1.50 bits per heavy atom. The van der Waals surface area contributed by atoms with Gasteiger partial charge in [-0.15, -0.1) is 0 Å². The zero-order valence-electron chi connectivity index (χ0n) is 9.04. The van der Waals surface area contributed by atoms with E-state index in [1.165, 1.54) is 4.90 Å². The van der Waals surface area contributed by atoms with Crippen LogP contribution in [0.5, 0.6) is 0 Å². The minimum Gasteiger partial charge on any atom is -0.395 e. The lowest BCUT2D eigenvalue weighted by Gasteiger charge is -2.30. The van der Waals surface area contributed by atoms with Crippen molar-refractivity contribution in [3.63, 3.8) is 0 Å². The average Bonchev–Trinajstić information content (AvgIpc) is 2.24. The van der Waals surface area contributed by atoms with Gasteiger partial charge in [-0.25, -0.2) is 4.98 Å². The molecule has 0 radical (unpaired) electrons. The Labute approximate surface area is 94.1 Å². The number of hydrogen-bond donors (Lipinski definition) is 1. The van der Waals surface area contributed by atoms with E-state index in [0.717, 1.165) is 19.3 Å². The molecule has 0 bridgehead atoms. The third-order valence-electron chi connectivity index (χ3n) is 2.87. The first kappa shape index (κ1) is 11.0. The molecule has 5 heteroatoms. The first-order valence-corrected chi connectivity index (χ1v) is 5.51. The summed E-state index contributed by atoms with van der Waals surface area (Å²) in [5.41, 5.74) is 0. The number of amides is 1. The van der Waals surface area contributed by atoms with Gasteiger partial charge in [-0.05, 0) is 12.8 Å². The van der Waals surface area contributed by atoms with Crippen LogP contribution in [0.25, 0.3) is 0 Å². The molecule has 1 fully saturated rings. The summed E-state index contributed by atoms with van der Waals surface area (Å²) in [5.74, 6) is 0.683. The topological polar surface area (TPSA) is 66.3 Å². The van der Waals surface area contributed by atoms with Crippen molar-refractivity contribution in [2.24, 2.45) is 5.92 Å². The summed E-state index contributed by atoms with van der Waals surface area (Å²) in [4.78, 5) is 21.6. The van der Waals surface area contributed by atoms with Crippen LogP contribution < -0.4 is 4.90 Å². The van der Waals surface area contributed by atoms with Crippen molar-refractivity contribution in [2.45, 2.75) is 19.3 Å². The molecule has 1 aromatic rings. The van der Waals surface area contributed by atoms with Gasteiger partial charge in [-0.3, -0.25) is 14.7 Å². The molecule has 1 amide bonds. The number of aliphatic hydroxyl groups excluding tert-OH is 1. The van der Waals surface area contributed by atoms with E-state index in [2.05, 4.69) is 9.97 Å². The molecular formula is C11H15N3O2. The molecule has 1 heterocycles. The maximum Gasteiger partial charge on any atom is 0.231 e. The van der Waals surface area contributed by atoms with E-state index in [1.807, 2.05) is 0 Å². The monoisotopic (exact) mass is 221 g/mol. The smallest absolute Gasteiger partial charge is 0.231 e. The second-order valence-electron chi connectivity index (χ2n) is 3.90. The molecule has 0 aromatic carbocycles. The number of hydrogen-bond acceptors (Lipinski definition) is 4. The Balaban J connectivity index is 2.13. The van der Waals surface area contributed by atoms with Crippen LogP contribution in [0, 0.1) is 5.92 Å². The van der Waals surface area contributed by atoms with Gasteiger partial charge in [0.2, 0.25) is 5.91 Å². The summed E-state index contributed by atoms with van der Waals surface area (Å²) in [7, 11) is 0. The lowest BCUT2D eigenvalue weighted by atomic mass is 9.84. The van der Waals surface area contributed by atoms with E-state index < -0.39 is 0 Å². The third kappa shape index (κ3) is 2.19. The van der Waals surface area contributed by atoms with Crippen molar-refractivity contribution < 1.29 is 9.90 Å². The van der Waals surface area contributed by atoms with E-state index in [9.17, 15) is 4.79 Å². The SMILES string of the molecule is O=C(C1CCC1)N(CCO)c1cnccn1. The molecule has 0 atom stereocenters. The van der Waals surface area contributed by atoms with Crippen molar-refractivity contribution in [2.75, 3.05) is 18.1 Å². The Kier molecular flexibility index (Phi) is 3.46. The molecule has 1 aliphatic carbocycles. The third-order valence-corrected chi connectivity index (χ3v) is 2.87. The number of carbonyl (C=O) groups excluding carboxylic acids is 1. The molecular weight excluding hydrogens is 206 g/mol. The van der Waals surface area contributed by atoms with Gasteiger partial charge in [0.25, 0.3) is 0 Å². The van der Waals surface area contributed by atoms with E-state index in [0.29, 0.717) is 5.82 Å². The second kappa shape index (κ2) is 5.03. The van der Waals surface area contributed by atoms with Crippen molar-refractivity contribution in [1.82, 2.24) is 9.97 Å². The van der Waals surface area contributed by atoms with Crippen LogP contribution in [-0.4, -0.2) is 34.1 Å². The van der Waals surface area contributed by atoms with Gasteiger partial charge < -0.3 is 5.11 Å². The van der Waals surface area contributed by atoms with Crippen LogP contribution >= 0.6 is 0 Å². The van der Waals surface area contributed by atoms with Crippen LogP contribution in [0.15, 0.2) is 18.6 Å².